The van der Waals surface area contributed by atoms with Crippen molar-refractivity contribution in [2.24, 2.45) is 0 Å². The molecule has 0 aliphatic rings. The summed E-state index contributed by atoms with van der Waals surface area (Å²) in [6, 6.07) is -0.472. The van der Waals surface area contributed by atoms with E-state index in [4.69, 9.17) is 4.74 Å². The maximum absolute atomic E-state index is 11.7. The minimum Gasteiger partial charge on any atom is -0.468 e. The largest absolute Gasteiger partial charge is 0.468 e. The summed E-state index contributed by atoms with van der Waals surface area (Å²) in [5, 5.41) is 15.5. The van der Waals surface area contributed by atoms with Crippen LogP contribution >= 0.6 is 11.8 Å². The number of amides is 1. The van der Waals surface area contributed by atoms with E-state index in [9.17, 15) is 14.7 Å². The van der Waals surface area contributed by atoms with Gasteiger partial charge < -0.3 is 25.2 Å². The zero-order valence-corrected chi connectivity index (χ0v) is 14.1. The molecule has 1 unspecified atom stereocenters. The smallest absolute Gasteiger partial charge is 0.407 e. The molecule has 0 aliphatic heterocycles. The van der Waals surface area contributed by atoms with E-state index >= 15 is 0 Å². The Hall–Kier alpha value is -0.990. The zero-order chi connectivity index (χ0) is 16.5. The highest BCUT2D eigenvalue weighted by Gasteiger charge is 2.24. The number of aliphatic hydroxyl groups excluding tert-OH is 1. The van der Waals surface area contributed by atoms with Crippen LogP contribution in [0.15, 0.2) is 0 Å². The minimum atomic E-state index is -0.838. The Labute approximate surface area is 130 Å². The number of carbonyl (C=O) groups excluding carboxylic acids is 2. The molecule has 0 rings (SSSR count). The molecule has 0 bridgehead atoms. The monoisotopic (exact) mass is 322 g/mol. The van der Waals surface area contributed by atoms with Gasteiger partial charge in [0.1, 0.15) is 5.60 Å². The minimum absolute atomic E-state index is 0.00594. The molecule has 0 saturated carbocycles. The second-order valence-electron chi connectivity index (χ2n) is 5.48. The van der Waals surface area contributed by atoms with Crippen LogP contribution < -0.4 is 10.6 Å². The lowest BCUT2D eigenvalue weighted by Gasteiger charge is -2.26. The number of hydrogen-bond donors (Lipinski definition) is 3. The van der Waals surface area contributed by atoms with Crippen LogP contribution in [-0.4, -0.2) is 67.1 Å². The first kappa shape index (κ1) is 20.0. The van der Waals surface area contributed by atoms with Crippen LogP contribution in [0, 0.1) is 0 Å². The lowest BCUT2D eigenvalue weighted by molar-refractivity contribution is -0.139. The van der Waals surface area contributed by atoms with Gasteiger partial charge in [-0.15, -0.1) is 0 Å². The molecule has 0 aliphatic carbocycles. The first-order valence-corrected chi connectivity index (χ1v) is 8.03. The molecular weight excluding hydrogens is 296 g/mol. The van der Waals surface area contributed by atoms with Crippen LogP contribution in [0.2, 0.25) is 0 Å². The van der Waals surface area contributed by atoms with Crippen LogP contribution in [-0.2, 0) is 14.3 Å². The van der Waals surface area contributed by atoms with Gasteiger partial charge in [0.25, 0.3) is 0 Å². The third kappa shape index (κ3) is 10.4. The van der Waals surface area contributed by atoms with Gasteiger partial charge in [-0.1, -0.05) is 0 Å². The molecule has 0 fully saturated rings. The zero-order valence-electron chi connectivity index (χ0n) is 13.3. The van der Waals surface area contributed by atoms with Gasteiger partial charge in [-0.05, 0) is 27.0 Å². The lowest BCUT2D eigenvalue weighted by atomic mass is 10.2. The fraction of sp³-hybridized carbons (Fsp3) is 0.846. The Balaban J connectivity index is 4.32. The van der Waals surface area contributed by atoms with Crippen molar-refractivity contribution in [2.45, 2.75) is 38.5 Å². The average Bonchev–Trinajstić information content (AvgIpc) is 2.35. The number of carbonyl (C=O) groups is 2. The summed E-state index contributed by atoms with van der Waals surface area (Å²) in [4.78, 5) is 22.7. The van der Waals surface area contributed by atoms with Gasteiger partial charge in [-0.3, -0.25) is 4.79 Å². The molecular formula is C13H26N2O5S. The van der Waals surface area contributed by atoms with Gasteiger partial charge >= 0.3 is 12.1 Å². The second-order valence-corrected chi connectivity index (χ2v) is 6.39. The number of esters is 1. The molecule has 124 valence electrons. The number of nitrogens with one attached hydrogen (secondary N) is 2. The van der Waals surface area contributed by atoms with Crippen LogP contribution in [0.4, 0.5) is 4.79 Å². The molecule has 0 aromatic rings. The normalized spacial score (nSPS) is 14.2. The fourth-order valence-corrected chi connectivity index (χ4v) is 2.09. The Bertz CT molecular complexity index is 333. The van der Waals surface area contributed by atoms with E-state index in [0.29, 0.717) is 5.75 Å². The van der Waals surface area contributed by atoms with Crippen molar-refractivity contribution in [3.63, 3.8) is 0 Å². The number of rotatable bonds is 8. The van der Waals surface area contributed by atoms with Crippen molar-refractivity contribution >= 4 is 23.8 Å². The van der Waals surface area contributed by atoms with Crippen molar-refractivity contribution in [3.05, 3.63) is 0 Å². The summed E-state index contributed by atoms with van der Waals surface area (Å²) in [6.45, 7) is 5.47. The first-order valence-electron chi connectivity index (χ1n) is 6.63. The van der Waals surface area contributed by atoms with Crippen molar-refractivity contribution < 1.29 is 24.2 Å². The predicted octanol–water partition coefficient (Wildman–Crippen LogP) is 0.366. The summed E-state index contributed by atoms with van der Waals surface area (Å²) in [5.41, 5.74) is -0.595. The SMILES string of the molecule is COC(=O)CNCC(O)[C@@H](CSC)NC(=O)OC(C)(C)C. The molecule has 0 saturated heterocycles. The predicted molar refractivity (Wildman–Crippen MR) is 82.4 cm³/mol. The summed E-state index contributed by atoms with van der Waals surface area (Å²) in [6.07, 6.45) is 0.460. The van der Waals surface area contributed by atoms with Crippen molar-refractivity contribution in [2.75, 3.05) is 32.2 Å². The van der Waals surface area contributed by atoms with E-state index < -0.39 is 29.8 Å². The maximum Gasteiger partial charge on any atom is 0.407 e. The van der Waals surface area contributed by atoms with Crippen LogP contribution in [0.25, 0.3) is 0 Å². The quantitative estimate of drug-likeness (QED) is 0.555. The van der Waals surface area contributed by atoms with Gasteiger partial charge in [0, 0.05) is 12.3 Å². The summed E-state index contributed by atoms with van der Waals surface area (Å²) < 4.78 is 9.64. The molecule has 21 heavy (non-hydrogen) atoms. The number of thioether (sulfide) groups is 1. The van der Waals surface area contributed by atoms with Gasteiger partial charge in [-0.2, -0.15) is 11.8 Å². The third-order valence-corrected chi connectivity index (χ3v) is 3.06. The van der Waals surface area contributed by atoms with Crippen molar-refractivity contribution in [1.82, 2.24) is 10.6 Å². The van der Waals surface area contributed by atoms with E-state index in [-0.39, 0.29) is 13.1 Å². The molecule has 8 heteroatoms. The molecule has 0 radical (unpaired) electrons. The fourth-order valence-electron chi connectivity index (χ4n) is 1.42. The maximum atomic E-state index is 11.7. The summed E-state index contributed by atoms with van der Waals surface area (Å²) in [5.74, 6) is 0.115. The van der Waals surface area contributed by atoms with Gasteiger partial charge in [0.15, 0.2) is 0 Å². The van der Waals surface area contributed by atoms with Crippen molar-refractivity contribution in [3.8, 4) is 0 Å². The molecule has 1 amide bonds. The van der Waals surface area contributed by atoms with Crippen LogP contribution in [0.3, 0.4) is 0 Å². The number of methoxy groups -OCH3 is 1. The molecule has 7 nitrogen and oxygen atoms in total. The molecule has 3 N–H and O–H groups in total. The van der Waals surface area contributed by atoms with E-state index in [1.807, 2.05) is 6.26 Å². The molecule has 0 aromatic carbocycles. The van der Waals surface area contributed by atoms with Crippen LogP contribution in [0.5, 0.6) is 0 Å². The van der Waals surface area contributed by atoms with Gasteiger partial charge in [0.2, 0.25) is 0 Å². The Kier molecular flexibility index (Phi) is 9.39. The Morgan fingerprint density at radius 1 is 1.33 bits per heavy atom. The lowest BCUT2D eigenvalue weighted by Crippen LogP contribution is -2.50. The Morgan fingerprint density at radius 2 is 1.95 bits per heavy atom. The van der Waals surface area contributed by atoms with E-state index in [2.05, 4.69) is 15.4 Å². The Morgan fingerprint density at radius 3 is 2.43 bits per heavy atom. The van der Waals surface area contributed by atoms with E-state index in [0.717, 1.165) is 0 Å². The third-order valence-electron chi connectivity index (χ3n) is 2.36. The molecule has 0 heterocycles. The number of hydrogen-bond acceptors (Lipinski definition) is 7. The van der Waals surface area contributed by atoms with E-state index in [1.165, 1.54) is 18.9 Å². The number of alkyl carbamates (subject to hydrolysis) is 1. The number of ether oxygens (including phenoxy) is 2. The highest BCUT2D eigenvalue weighted by atomic mass is 32.2. The van der Waals surface area contributed by atoms with E-state index in [1.54, 1.807) is 20.8 Å². The van der Waals surface area contributed by atoms with Crippen molar-refractivity contribution in [1.29, 1.82) is 0 Å². The first-order chi connectivity index (χ1) is 9.69. The van der Waals surface area contributed by atoms with Gasteiger partial charge in [-0.25, -0.2) is 4.79 Å². The molecule has 0 aromatic heterocycles. The highest BCUT2D eigenvalue weighted by Crippen LogP contribution is 2.08. The van der Waals surface area contributed by atoms with Gasteiger partial charge in [0.05, 0.1) is 25.8 Å². The standard InChI is InChI=1S/C13H26N2O5S/c1-13(2,3)20-12(18)15-9(8-21-5)10(16)6-14-7-11(17)19-4/h9-10,14,16H,6-8H2,1-5H3,(H,15,18)/t9-,10?/m1/s1. The summed E-state index contributed by atoms with van der Waals surface area (Å²) in [7, 11) is 1.29. The average molecular weight is 322 g/mol. The molecule has 2 atom stereocenters. The highest BCUT2D eigenvalue weighted by molar-refractivity contribution is 7.98. The molecule has 0 spiro atoms. The second kappa shape index (κ2) is 9.86. The number of aliphatic hydroxyl groups is 1. The summed E-state index contributed by atoms with van der Waals surface area (Å²) >= 11 is 1.49. The topological polar surface area (TPSA) is 96.9 Å². The van der Waals surface area contributed by atoms with Crippen LogP contribution in [0.1, 0.15) is 20.8 Å².